The van der Waals surface area contributed by atoms with Crippen molar-refractivity contribution in [3.05, 3.63) is 33.5 Å². The fraction of sp³-hybridized carbons (Fsp3) is 0.538. The van der Waals surface area contributed by atoms with E-state index in [0.29, 0.717) is 6.04 Å². The molecule has 0 spiro atoms. The minimum atomic E-state index is 0. The number of halogens is 3. The van der Waals surface area contributed by atoms with Crippen molar-refractivity contribution in [1.29, 1.82) is 0 Å². The van der Waals surface area contributed by atoms with Crippen molar-refractivity contribution in [2.24, 2.45) is 0 Å². The van der Waals surface area contributed by atoms with Gasteiger partial charge < -0.3 is 5.32 Å². The van der Waals surface area contributed by atoms with Crippen LogP contribution in [0.25, 0.3) is 0 Å². The second kappa shape index (κ2) is 10.2. The van der Waals surface area contributed by atoms with Crippen LogP contribution < -0.4 is 5.32 Å². The van der Waals surface area contributed by atoms with Gasteiger partial charge in [-0.05, 0) is 40.2 Å². The fourth-order valence-corrected chi connectivity index (χ4v) is 4.10. The Hall–Kier alpha value is 0.420. The molecule has 0 radical (unpaired) electrons. The third kappa shape index (κ3) is 5.37. The number of hydrogen-bond acceptors (Lipinski definition) is 3. The molecule has 6 heteroatoms. The normalized spacial score (nSPS) is 17.1. The molecule has 19 heavy (non-hydrogen) atoms. The minimum absolute atomic E-state index is 0. The van der Waals surface area contributed by atoms with E-state index in [2.05, 4.69) is 44.2 Å². The van der Waals surface area contributed by atoms with Crippen LogP contribution in [0.3, 0.4) is 0 Å². The van der Waals surface area contributed by atoms with Gasteiger partial charge in [0.2, 0.25) is 0 Å². The first-order valence-electron chi connectivity index (χ1n) is 6.11. The summed E-state index contributed by atoms with van der Waals surface area (Å²) >= 11 is 5.53. The predicted octanol–water partition coefficient (Wildman–Crippen LogP) is 4.27. The topological polar surface area (TPSA) is 15.3 Å². The molecular formula is C13H21BrCl2N2S. The van der Waals surface area contributed by atoms with Crippen LogP contribution in [0.2, 0.25) is 0 Å². The number of allylic oxidation sites excluding steroid dienone is 1. The summed E-state index contributed by atoms with van der Waals surface area (Å²) in [4.78, 5) is 4.06. The van der Waals surface area contributed by atoms with Crippen LogP contribution in [0.5, 0.6) is 0 Å². The summed E-state index contributed by atoms with van der Waals surface area (Å²) in [6.07, 6.45) is 4.28. The molecule has 2 heterocycles. The summed E-state index contributed by atoms with van der Waals surface area (Å²) in [7, 11) is 0. The Kier molecular flexibility index (Phi) is 10.4. The first kappa shape index (κ1) is 19.4. The third-order valence-corrected chi connectivity index (χ3v) is 5.16. The Labute approximate surface area is 140 Å². The summed E-state index contributed by atoms with van der Waals surface area (Å²) in [5.41, 5.74) is 0. The first-order chi connectivity index (χ1) is 8.33. The molecular weight excluding hydrogens is 367 g/mol. The number of piperazine rings is 1. The van der Waals surface area contributed by atoms with E-state index in [-0.39, 0.29) is 24.8 Å². The standard InChI is InChI=1S/C13H19BrN2S.2ClH/c1-2-3-4-12(13-11(14)5-10-17-13)16-8-6-15-7-9-16;;/h2,5,10,12,15H,1,3-4,6-9H2;2*1H/t12-;;/m0../s1. The summed E-state index contributed by atoms with van der Waals surface area (Å²) in [5, 5.41) is 5.58. The molecule has 0 aromatic carbocycles. The number of nitrogens with one attached hydrogen (secondary N) is 1. The predicted molar refractivity (Wildman–Crippen MR) is 93.1 cm³/mol. The second-order valence-corrected chi connectivity index (χ2v) is 6.10. The summed E-state index contributed by atoms with van der Waals surface area (Å²) < 4.78 is 1.26. The van der Waals surface area contributed by atoms with Crippen LogP contribution in [-0.4, -0.2) is 31.1 Å². The van der Waals surface area contributed by atoms with Crippen molar-refractivity contribution in [2.45, 2.75) is 18.9 Å². The van der Waals surface area contributed by atoms with Crippen molar-refractivity contribution in [2.75, 3.05) is 26.2 Å². The van der Waals surface area contributed by atoms with Crippen LogP contribution in [-0.2, 0) is 0 Å². The van der Waals surface area contributed by atoms with Crippen LogP contribution in [0.1, 0.15) is 23.8 Å². The van der Waals surface area contributed by atoms with E-state index in [9.17, 15) is 0 Å². The van der Waals surface area contributed by atoms with Crippen molar-refractivity contribution in [1.82, 2.24) is 10.2 Å². The lowest BCUT2D eigenvalue weighted by molar-refractivity contribution is 0.168. The van der Waals surface area contributed by atoms with Gasteiger partial charge in [-0.15, -0.1) is 42.7 Å². The second-order valence-electron chi connectivity index (χ2n) is 4.30. The van der Waals surface area contributed by atoms with Crippen molar-refractivity contribution >= 4 is 52.1 Å². The van der Waals surface area contributed by atoms with Crippen molar-refractivity contribution < 1.29 is 0 Å². The van der Waals surface area contributed by atoms with Crippen LogP contribution in [0.15, 0.2) is 28.6 Å². The van der Waals surface area contributed by atoms with Crippen LogP contribution >= 0.6 is 52.1 Å². The summed E-state index contributed by atoms with van der Waals surface area (Å²) in [6, 6.07) is 2.70. The molecule has 110 valence electrons. The highest BCUT2D eigenvalue weighted by Crippen LogP contribution is 2.35. The average molecular weight is 388 g/mol. The highest BCUT2D eigenvalue weighted by Gasteiger charge is 2.23. The van der Waals surface area contributed by atoms with Gasteiger partial charge in [0.1, 0.15) is 0 Å². The zero-order valence-electron chi connectivity index (χ0n) is 10.8. The Balaban J connectivity index is 0.00000162. The molecule has 1 N–H and O–H groups in total. The van der Waals surface area contributed by atoms with Gasteiger partial charge >= 0.3 is 0 Å². The molecule has 0 aliphatic carbocycles. The Morgan fingerprint density at radius 3 is 2.63 bits per heavy atom. The van der Waals surface area contributed by atoms with Gasteiger partial charge in [-0.3, -0.25) is 4.90 Å². The molecule has 2 rings (SSSR count). The number of hydrogen-bond donors (Lipinski definition) is 1. The maximum Gasteiger partial charge on any atom is 0.0456 e. The molecule has 0 amide bonds. The first-order valence-corrected chi connectivity index (χ1v) is 7.78. The molecule has 1 saturated heterocycles. The molecule has 0 saturated carbocycles. The van der Waals surface area contributed by atoms with E-state index in [0.717, 1.165) is 32.6 Å². The van der Waals surface area contributed by atoms with Gasteiger partial charge in [0.05, 0.1) is 0 Å². The maximum absolute atomic E-state index is 3.84. The zero-order chi connectivity index (χ0) is 12.1. The lowest BCUT2D eigenvalue weighted by Crippen LogP contribution is -2.45. The number of thiophene rings is 1. The number of rotatable bonds is 5. The van der Waals surface area contributed by atoms with E-state index in [4.69, 9.17) is 0 Å². The van der Waals surface area contributed by atoms with E-state index in [1.165, 1.54) is 15.8 Å². The lowest BCUT2D eigenvalue weighted by atomic mass is 10.1. The van der Waals surface area contributed by atoms with E-state index < -0.39 is 0 Å². The highest BCUT2D eigenvalue weighted by atomic mass is 79.9. The average Bonchev–Trinajstić information content (AvgIpc) is 2.78. The summed E-state index contributed by atoms with van der Waals surface area (Å²) in [5.74, 6) is 0. The number of nitrogens with zero attached hydrogens (tertiary/aromatic N) is 1. The van der Waals surface area contributed by atoms with Gasteiger partial charge in [-0.1, -0.05) is 6.08 Å². The Morgan fingerprint density at radius 1 is 1.42 bits per heavy atom. The monoisotopic (exact) mass is 386 g/mol. The van der Waals surface area contributed by atoms with Gasteiger partial charge in [-0.25, -0.2) is 0 Å². The minimum Gasteiger partial charge on any atom is -0.314 e. The zero-order valence-corrected chi connectivity index (χ0v) is 14.8. The molecule has 1 atom stereocenters. The van der Waals surface area contributed by atoms with Crippen molar-refractivity contribution in [3.63, 3.8) is 0 Å². The quantitative estimate of drug-likeness (QED) is 0.759. The molecule has 1 aliphatic heterocycles. The van der Waals surface area contributed by atoms with Crippen LogP contribution in [0, 0.1) is 0 Å². The fourth-order valence-electron chi connectivity index (χ4n) is 2.29. The molecule has 1 fully saturated rings. The highest BCUT2D eigenvalue weighted by molar-refractivity contribution is 9.10. The molecule has 1 aliphatic rings. The largest absolute Gasteiger partial charge is 0.314 e. The van der Waals surface area contributed by atoms with Gasteiger partial charge in [0.25, 0.3) is 0 Å². The Bertz CT molecular complexity index is 367. The molecule has 2 nitrogen and oxygen atoms in total. The summed E-state index contributed by atoms with van der Waals surface area (Å²) in [6.45, 7) is 8.34. The molecule has 1 aromatic heterocycles. The SMILES string of the molecule is C=CCC[C@@H](c1sccc1Br)N1CCNCC1.Cl.Cl. The van der Waals surface area contributed by atoms with Gasteiger partial charge in [0.15, 0.2) is 0 Å². The maximum atomic E-state index is 3.84. The lowest BCUT2D eigenvalue weighted by Gasteiger charge is -2.34. The van der Waals surface area contributed by atoms with Gasteiger partial charge in [0, 0.05) is 41.6 Å². The molecule has 0 unspecified atom stereocenters. The van der Waals surface area contributed by atoms with E-state index >= 15 is 0 Å². The molecule has 0 bridgehead atoms. The smallest absolute Gasteiger partial charge is 0.0456 e. The molecule has 1 aromatic rings. The van der Waals surface area contributed by atoms with E-state index in [1.807, 2.05) is 17.4 Å². The third-order valence-electron chi connectivity index (χ3n) is 3.18. The van der Waals surface area contributed by atoms with E-state index in [1.54, 1.807) is 0 Å². The van der Waals surface area contributed by atoms with Crippen LogP contribution in [0.4, 0.5) is 0 Å². The Morgan fingerprint density at radius 2 is 2.11 bits per heavy atom. The van der Waals surface area contributed by atoms with Gasteiger partial charge in [-0.2, -0.15) is 0 Å². The van der Waals surface area contributed by atoms with Crippen molar-refractivity contribution in [3.8, 4) is 0 Å².